The van der Waals surface area contributed by atoms with Crippen LogP contribution in [-0.4, -0.2) is 53.4 Å². The van der Waals surface area contributed by atoms with Crippen molar-refractivity contribution < 1.29 is 4.74 Å². The summed E-state index contributed by atoms with van der Waals surface area (Å²) >= 11 is 0. The van der Waals surface area contributed by atoms with Crippen LogP contribution in [0.2, 0.25) is 0 Å². The molecule has 25 heavy (non-hydrogen) atoms. The van der Waals surface area contributed by atoms with E-state index in [1.165, 1.54) is 11.1 Å². The molecule has 6 nitrogen and oxygen atoms in total. The summed E-state index contributed by atoms with van der Waals surface area (Å²) in [6.07, 6.45) is 6.36. The van der Waals surface area contributed by atoms with Gasteiger partial charge in [-0.15, -0.1) is 0 Å². The van der Waals surface area contributed by atoms with Crippen LogP contribution < -0.4 is 10.1 Å². The van der Waals surface area contributed by atoms with Crippen molar-refractivity contribution in [2.75, 3.05) is 26.7 Å². The number of fused-ring (bicyclic) bond motifs is 1. The Morgan fingerprint density at radius 3 is 3.04 bits per heavy atom. The lowest BCUT2D eigenvalue weighted by atomic mass is 10.0. The van der Waals surface area contributed by atoms with Crippen molar-refractivity contribution in [2.45, 2.75) is 24.9 Å². The van der Waals surface area contributed by atoms with Gasteiger partial charge >= 0.3 is 0 Å². The lowest BCUT2D eigenvalue weighted by Crippen LogP contribution is -2.43. The van der Waals surface area contributed by atoms with Crippen molar-refractivity contribution in [3.05, 3.63) is 47.8 Å². The molecule has 1 aromatic carbocycles. The maximum Gasteiger partial charge on any atom is 0.193 e. The Labute approximate surface area is 148 Å². The average Bonchev–Trinajstić information content (AvgIpc) is 3.34. The molecule has 1 aromatic heterocycles. The Hall–Kier alpha value is -2.50. The number of ether oxygens (including phenoxy) is 1. The van der Waals surface area contributed by atoms with E-state index in [-0.39, 0.29) is 6.10 Å². The van der Waals surface area contributed by atoms with Gasteiger partial charge in [-0.3, -0.25) is 9.67 Å². The number of aryl methyl sites for hydroxylation is 1. The van der Waals surface area contributed by atoms with E-state index >= 15 is 0 Å². The fourth-order valence-corrected chi connectivity index (χ4v) is 3.78. The second kappa shape index (κ2) is 6.78. The molecule has 0 spiro atoms. The SMILES string of the molecule is CN=C(NCC1Cc2ccccc2O1)N1CCC(c2cnn(C)c2)C1. The number of rotatable bonds is 3. The zero-order chi connectivity index (χ0) is 17.2. The summed E-state index contributed by atoms with van der Waals surface area (Å²) in [7, 11) is 3.82. The minimum atomic E-state index is 0.172. The highest BCUT2D eigenvalue weighted by Crippen LogP contribution is 2.28. The molecule has 1 fully saturated rings. The summed E-state index contributed by atoms with van der Waals surface area (Å²) in [6, 6.07) is 8.28. The van der Waals surface area contributed by atoms with Gasteiger partial charge in [0.1, 0.15) is 11.9 Å². The van der Waals surface area contributed by atoms with E-state index in [1.807, 2.05) is 37.1 Å². The number of hydrogen-bond acceptors (Lipinski definition) is 3. The van der Waals surface area contributed by atoms with E-state index in [1.54, 1.807) is 0 Å². The van der Waals surface area contributed by atoms with Crippen LogP contribution in [0.1, 0.15) is 23.5 Å². The molecule has 3 heterocycles. The molecule has 132 valence electrons. The maximum absolute atomic E-state index is 6.01. The van der Waals surface area contributed by atoms with Crippen molar-refractivity contribution in [1.29, 1.82) is 0 Å². The molecule has 6 heteroatoms. The van der Waals surface area contributed by atoms with Gasteiger partial charge in [-0.1, -0.05) is 18.2 Å². The summed E-state index contributed by atoms with van der Waals surface area (Å²) in [5, 5.41) is 7.79. The van der Waals surface area contributed by atoms with Crippen molar-refractivity contribution in [3.8, 4) is 5.75 Å². The number of likely N-dealkylation sites (tertiary alicyclic amines) is 1. The van der Waals surface area contributed by atoms with Gasteiger partial charge in [0, 0.05) is 45.7 Å². The smallest absolute Gasteiger partial charge is 0.193 e. The lowest BCUT2D eigenvalue weighted by Gasteiger charge is -2.23. The standard InChI is InChI=1S/C19H25N5O/c1-20-19(21-11-17-9-14-5-3-4-6-18(14)25-17)24-8-7-15(13-24)16-10-22-23(2)12-16/h3-6,10,12,15,17H,7-9,11,13H2,1-2H3,(H,20,21). The first-order chi connectivity index (χ1) is 12.2. The first kappa shape index (κ1) is 16.0. The number of para-hydroxylation sites is 1. The summed E-state index contributed by atoms with van der Waals surface area (Å²) in [4.78, 5) is 6.80. The Kier molecular flexibility index (Phi) is 4.34. The predicted octanol–water partition coefficient (Wildman–Crippen LogP) is 1.79. The molecule has 0 radical (unpaired) electrons. The molecule has 2 aromatic rings. The highest BCUT2D eigenvalue weighted by atomic mass is 16.5. The molecule has 2 aliphatic heterocycles. The minimum Gasteiger partial charge on any atom is -0.488 e. The van der Waals surface area contributed by atoms with E-state index in [0.717, 1.165) is 44.2 Å². The number of hydrogen-bond donors (Lipinski definition) is 1. The van der Waals surface area contributed by atoms with E-state index in [0.29, 0.717) is 5.92 Å². The molecular formula is C19H25N5O. The first-order valence-electron chi connectivity index (χ1n) is 8.91. The Morgan fingerprint density at radius 1 is 1.40 bits per heavy atom. The zero-order valence-corrected chi connectivity index (χ0v) is 14.9. The quantitative estimate of drug-likeness (QED) is 0.684. The van der Waals surface area contributed by atoms with Crippen LogP contribution in [0.4, 0.5) is 0 Å². The number of benzene rings is 1. The molecule has 2 aliphatic rings. The second-order valence-electron chi connectivity index (χ2n) is 6.86. The van der Waals surface area contributed by atoms with Gasteiger partial charge in [0.05, 0.1) is 12.7 Å². The summed E-state index contributed by atoms with van der Waals surface area (Å²) in [6.45, 7) is 2.78. The fourth-order valence-electron chi connectivity index (χ4n) is 3.78. The van der Waals surface area contributed by atoms with Gasteiger partial charge in [0.25, 0.3) is 0 Å². The zero-order valence-electron chi connectivity index (χ0n) is 14.9. The molecule has 0 aliphatic carbocycles. The molecular weight excluding hydrogens is 314 g/mol. The Morgan fingerprint density at radius 2 is 2.28 bits per heavy atom. The number of nitrogens with zero attached hydrogens (tertiary/aromatic N) is 4. The van der Waals surface area contributed by atoms with Crippen LogP contribution in [-0.2, 0) is 13.5 Å². The summed E-state index contributed by atoms with van der Waals surface area (Å²) in [5.74, 6) is 2.51. The number of nitrogens with one attached hydrogen (secondary N) is 1. The first-order valence-corrected chi connectivity index (χ1v) is 8.91. The molecule has 2 atom stereocenters. The monoisotopic (exact) mass is 339 g/mol. The average molecular weight is 339 g/mol. The van der Waals surface area contributed by atoms with E-state index in [9.17, 15) is 0 Å². The van der Waals surface area contributed by atoms with Gasteiger partial charge in [0.2, 0.25) is 0 Å². The fraction of sp³-hybridized carbons (Fsp3) is 0.474. The molecule has 0 bridgehead atoms. The third-order valence-electron chi connectivity index (χ3n) is 5.10. The Bertz CT molecular complexity index is 744. The molecule has 0 saturated carbocycles. The lowest BCUT2D eigenvalue weighted by molar-refractivity contribution is 0.233. The van der Waals surface area contributed by atoms with Crippen LogP contribution in [0.5, 0.6) is 5.75 Å². The third kappa shape index (κ3) is 3.34. The normalized spacial score (nSPS) is 22.8. The van der Waals surface area contributed by atoms with E-state index in [2.05, 4.69) is 38.6 Å². The van der Waals surface area contributed by atoms with Crippen LogP contribution in [0, 0.1) is 0 Å². The van der Waals surface area contributed by atoms with Gasteiger partial charge in [-0.2, -0.15) is 5.10 Å². The molecule has 4 rings (SSSR count). The van der Waals surface area contributed by atoms with Crippen LogP contribution >= 0.6 is 0 Å². The maximum atomic E-state index is 6.01. The van der Waals surface area contributed by atoms with E-state index < -0.39 is 0 Å². The van der Waals surface area contributed by atoms with Crippen molar-refractivity contribution >= 4 is 5.96 Å². The highest BCUT2D eigenvalue weighted by molar-refractivity contribution is 5.80. The summed E-state index contributed by atoms with van der Waals surface area (Å²) < 4.78 is 7.89. The van der Waals surface area contributed by atoms with E-state index in [4.69, 9.17) is 4.74 Å². The van der Waals surface area contributed by atoms with Crippen LogP contribution in [0.15, 0.2) is 41.7 Å². The number of guanidine groups is 1. The molecule has 1 N–H and O–H groups in total. The highest BCUT2D eigenvalue weighted by Gasteiger charge is 2.28. The molecule has 0 amide bonds. The van der Waals surface area contributed by atoms with Crippen molar-refractivity contribution in [2.24, 2.45) is 12.0 Å². The molecule has 1 saturated heterocycles. The van der Waals surface area contributed by atoms with Gasteiger partial charge < -0.3 is 15.0 Å². The third-order valence-corrected chi connectivity index (χ3v) is 5.10. The molecule has 2 unspecified atom stereocenters. The van der Waals surface area contributed by atoms with Gasteiger partial charge in [-0.05, 0) is 23.6 Å². The largest absolute Gasteiger partial charge is 0.488 e. The second-order valence-corrected chi connectivity index (χ2v) is 6.86. The van der Waals surface area contributed by atoms with Crippen molar-refractivity contribution in [1.82, 2.24) is 20.0 Å². The summed E-state index contributed by atoms with van der Waals surface area (Å²) in [5.41, 5.74) is 2.61. The topological polar surface area (TPSA) is 54.7 Å². The van der Waals surface area contributed by atoms with Crippen molar-refractivity contribution in [3.63, 3.8) is 0 Å². The predicted molar refractivity (Wildman–Crippen MR) is 98.1 cm³/mol. The Balaban J connectivity index is 1.32. The van der Waals surface area contributed by atoms with Crippen LogP contribution in [0.3, 0.4) is 0 Å². The van der Waals surface area contributed by atoms with Gasteiger partial charge in [0.15, 0.2) is 5.96 Å². The number of aliphatic imine (C=N–C) groups is 1. The van der Waals surface area contributed by atoms with Gasteiger partial charge in [-0.25, -0.2) is 0 Å². The number of aromatic nitrogens is 2. The van der Waals surface area contributed by atoms with Crippen LogP contribution in [0.25, 0.3) is 0 Å². The minimum absolute atomic E-state index is 0.172.